The Morgan fingerprint density at radius 3 is 2.70 bits per heavy atom. The first kappa shape index (κ1) is 24.4. The van der Waals surface area contributed by atoms with Crippen LogP contribution in [0.5, 0.6) is 0 Å². The van der Waals surface area contributed by atoms with Gasteiger partial charge in [0.25, 0.3) is 0 Å². The predicted octanol–water partition coefficient (Wildman–Crippen LogP) is 4.00. The average molecular weight is 468 g/mol. The monoisotopic (exact) mass is 467 g/mol. The number of nitrogens with one attached hydrogen (secondary N) is 1. The largest absolute Gasteiger partial charge is 0.466 e. The van der Waals surface area contributed by atoms with Crippen molar-refractivity contribution < 1.29 is 14.3 Å². The van der Waals surface area contributed by atoms with Crippen LogP contribution in [-0.4, -0.2) is 50.5 Å². The number of thioether (sulfide) groups is 1. The molecule has 0 bridgehead atoms. The third-order valence-corrected chi connectivity index (χ3v) is 5.80. The minimum Gasteiger partial charge on any atom is -0.466 e. The fraction of sp³-hybridized carbons (Fsp3) is 0.375. The lowest BCUT2D eigenvalue weighted by Crippen LogP contribution is -2.26. The van der Waals surface area contributed by atoms with Gasteiger partial charge in [0.15, 0.2) is 11.0 Å². The van der Waals surface area contributed by atoms with Crippen LogP contribution in [-0.2, 0) is 14.3 Å². The van der Waals surface area contributed by atoms with Crippen molar-refractivity contribution in [1.82, 2.24) is 25.1 Å². The number of hydrogen-bond acceptors (Lipinski definition) is 7. The Morgan fingerprint density at radius 1 is 1.15 bits per heavy atom. The van der Waals surface area contributed by atoms with Crippen molar-refractivity contribution in [1.29, 1.82) is 0 Å². The summed E-state index contributed by atoms with van der Waals surface area (Å²) in [6, 6.07) is 11.9. The number of para-hydroxylation sites is 1. The van der Waals surface area contributed by atoms with E-state index in [0.29, 0.717) is 36.5 Å². The van der Waals surface area contributed by atoms with Crippen LogP contribution in [0.4, 0.5) is 0 Å². The number of hydrogen-bond donors (Lipinski definition) is 1. The highest BCUT2D eigenvalue weighted by Crippen LogP contribution is 2.31. The second kappa shape index (κ2) is 12.2. The second-order valence-corrected chi connectivity index (χ2v) is 8.59. The number of nitrogens with zero attached hydrogens (tertiary/aromatic N) is 4. The molecule has 2 heterocycles. The summed E-state index contributed by atoms with van der Waals surface area (Å²) in [6.45, 7) is 6.84. The Kier molecular flexibility index (Phi) is 9.00. The summed E-state index contributed by atoms with van der Waals surface area (Å²) in [7, 11) is 0. The molecule has 2 aromatic heterocycles. The van der Waals surface area contributed by atoms with Crippen molar-refractivity contribution in [3.63, 3.8) is 0 Å². The minimum absolute atomic E-state index is 0.126. The second-order valence-electron chi connectivity index (χ2n) is 7.64. The minimum atomic E-state index is -0.249. The molecule has 0 fully saturated rings. The van der Waals surface area contributed by atoms with E-state index in [9.17, 15) is 9.59 Å². The Morgan fingerprint density at radius 2 is 1.97 bits per heavy atom. The molecule has 0 aliphatic heterocycles. The van der Waals surface area contributed by atoms with E-state index in [2.05, 4.69) is 40.4 Å². The topological polar surface area (TPSA) is 99.0 Å². The molecule has 0 radical (unpaired) electrons. The first-order valence-electron chi connectivity index (χ1n) is 11.0. The van der Waals surface area contributed by atoms with Gasteiger partial charge in [0, 0.05) is 30.9 Å². The van der Waals surface area contributed by atoms with E-state index in [0.717, 1.165) is 16.8 Å². The van der Waals surface area contributed by atoms with E-state index < -0.39 is 0 Å². The Bertz CT molecular complexity index is 1070. The van der Waals surface area contributed by atoms with Crippen LogP contribution in [0, 0.1) is 0 Å². The van der Waals surface area contributed by atoms with Crippen LogP contribution in [0.15, 0.2) is 53.9 Å². The summed E-state index contributed by atoms with van der Waals surface area (Å²) in [5.74, 6) is 0.785. The van der Waals surface area contributed by atoms with Crippen LogP contribution in [0.2, 0.25) is 0 Å². The van der Waals surface area contributed by atoms with Crippen molar-refractivity contribution in [2.45, 2.75) is 44.7 Å². The molecular weight excluding hydrogens is 438 g/mol. The Labute approximate surface area is 198 Å². The van der Waals surface area contributed by atoms with Crippen molar-refractivity contribution in [2.24, 2.45) is 0 Å². The Balaban J connectivity index is 1.76. The van der Waals surface area contributed by atoms with E-state index in [1.165, 1.54) is 11.8 Å². The summed E-state index contributed by atoms with van der Waals surface area (Å²) in [5, 5.41) is 12.3. The highest BCUT2D eigenvalue weighted by molar-refractivity contribution is 7.99. The van der Waals surface area contributed by atoms with Crippen molar-refractivity contribution in [2.75, 3.05) is 18.9 Å². The van der Waals surface area contributed by atoms with Gasteiger partial charge in [-0.2, -0.15) is 0 Å². The maximum atomic E-state index is 12.4. The van der Waals surface area contributed by atoms with Crippen molar-refractivity contribution in [3.8, 4) is 17.1 Å². The van der Waals surface area contributed by atoms with E-state index in [-0.39, 0.29) is 24.1 Å². The fourth-order valence-corrected chi connectivity index (χ4v) is 4.09. The molecule has 0 saturated heterocycles. The van der Waals surface area contributed by atoms with Crippen LogP contribution in [0.3, 0.4) is 0 Å². The molecule has 0 aliphatic rings. The number of ether oxygens (including phenoxy) is 1. The normalized spacial score (nSPS) is 10.9. The number of benzene rings is 1. The smallest absolute Gasteiger partial charge is 0.305 e. The lowest BCUT2D eigenvalue weighted by molar-refractivity contribution is -0.143. The fourth-order valence-electron chi connectivity index (χ4n) is 3.32. The Hall–Kier alpha value is -3.20. The summed E-state index contributed by atoms with van der Waals surface area (Å²) in [5.41, 5.74) is 2.99. The highest BCUT2D eigenvalue weighted by atomic mass is 32.2. The standard InChI is InChI=1S/C24H29N5O3S/c1-4-32-22(31)12-8-14-26-21(30)16-33-24-28-27-23(18-9-7-13-25-15-18)29(24)20-11-6-5-10-19(20)17(2)3/h5-7,9-11,13,15,17H,4,8,12,14,16H2,1-3H3,(H,26,30). The van der Waals surface area contributed by atoms with Gasteiger partial charge in [-0.05, 0) is 43.0 Å². The maximum absolute atomic E-state index is 12.4. The molecule has 0 atom stereocenters. The summed E-state index contributed by atoms with van der Waals surface area (Å²) in [4.78, 5) is 28.0. The molecule has 0 spiro atoms. The lowest BCUT2D eigenvalue weighted by Gasteiger charge is -2.16. The lowest BCUT2D eigenvalue weighted by atomic mass is 10.0. The molecule has 1 aromatic carbocycles. The molecule has 1 N–H and O–H groups in total. The third-order valence-electron chi connectivity index (χ3n) is 4.87. The van der Waals surface area contributed by atoms with Gasteiger partial charge in [0.2, 0.25) is 5.91 Å². The van der Waals surface area contributed by atoms with E-state index in [4.69, 9.17) is 4.74 Å². The van der Waals surface area contributed by atoms with Crippen LogP contribution >= 0.6 is 11.8 Å². The first-order chi connectivity index (χ1) is 16.0. The molecule has 0 unspecified atom stereocenters. The molecule has 0 saturated carbocycles. The molecular formula is C24H29N5O3S. The van der Waals surface area contributed by atoms with Crippen molar-refractivity contribution in [3.05, 3.63) is 54.4 Å². The molecule has 0 aliphatic carbocycles. The number of aromatic nitrogens is 4. The summed E-state index contributed by atoms with van der Waals surface area (Å²) >= 11 is 1.32. The van der Waals surface area contributed by atoms with Crippen molar-refractivity contribution >= 4 is 23.6 Å². The number of amides is 1. The van der Waals surface area contributed by atoms with Gasteiger partial charge < -0.3 is 10.1 Å². The zero-order chi connectivity index (χ0) is 23.6. The SMILES string of the molecule is CCOC(=O)CCCNC(=O)CSc1nnc(-c2cccnc2)n1-c1ccccc1C(C)C. The van der Waals surface area contributed by atoms with Gasteiger partial charge in [-0.25, -0.2) is 0 Å². The molecule has 33 heavy (non-hydrogen) atoms. The number of pyridine rings is 1. The average Bonchev–Trinajstić information content (AvgIpc) is 3.25. The molecule has 9 heteroatoms. The zero-order valence-electron chi connectivity index (χ0n) is 19.2. The number of rotatable bonds is 11. The summed E-state index contributed by atoms with van der Waals surface area (Å²) < 4.78 is 6.89. The molecule has 3 aromatic rings. The van der Waals surface area contributed by atoms with E-state index in [1.54, 1.807) is 19.3 Å². The number of carbonyl (C=O) groups is 2. The van der Waals surface area contributed by atoms with Crippen LogP contribution in [0.1, 0.15) is 45.1 Å². The van der Waals surface area contributed by atoms with Gasteiger partial charge >= 0.3 is 5.97 Å². The van der Waals surface area contributed by atoms with E-state index >= 15 is 0 Å². The molecule has 174 valence electrons. The van der Waals surface area contributed by atoms with Gasteiger partial charge in [-0.3, -0.25) is 19.1 Å². The number of esters is 1. The van der Waals surface area contributed by atoms with Crippen LogP contribution < -0.4 is 5.32 Å². The van der Waals surface area contributed by atoms with E-state index in [1.807, 2.05) is 34.9 Å². The predicted molar refractivity (Wildman–Crippen MR) is 128 cm³/mol. The van der Waals surface area contributed by atoms with Gasteiger partial charge in [0.1, 0.15) is 0 Å². The zero-order valence-corrected chi connectivity index (χ0v) is 20.0. The van der Waals surface area contributed by atoms with Gasteiger partial charge in [0.05, 0.1) is 18.0 Å². The maximum Gasteiger partial charge on any atom is 0.305 e. The molecule has 3 rings (SSSR count). The third kappa shape index (κ3) is 6.64. The van der Waals surface area contributed by atoms with Crippen LogP contribution in [0.25, 0.3) is 17.1 Å². The molecule has 1 amide bonds. The highest BCUT2D eigenvalue weighted by Gasteiger charge is 2.20. The van der Waals surface area contributed by atoms with Gasteiger partial charge in [-0.15, -0.1) is 10.2 Å². The first-order valence-corrected chi connectivity index (χ1v) is 12.0. The number of carbonyl (C=O) groups excluding carboxylic acids is 2. The van der Waals surface area contributed by atoms with Gasteiger partial charge in [-0.1, -0.05) is 43.8 Å². The quantitative estimate of drug-likeness (QED) is 0.258. The molecule has 8 nitrogen and oxygen atoms in total. The summed E-state index contributed by atoms with van der Waals surface area (Å²) in [6.07, 6.45) is 4.30.